The van der Waals surface area contributed by atoms with E-state index in [4.69, 9.17) is 0 Å². The van der Waals surface area contributed by atoms with E-state index >= 15 is 0 Å². The van der Waals surface area contributed by atoms with Crippen LogP contribution in [0.2, 0.25) is 0 Å². The molecule has 0 aliphatic heterocycles. The lowest BCUT2D eigenvalue weighted by Crippen LogP contribution is -2.40. The third-order valence-electron chi connectivity index (χ3n) is 2.61. The predicted molar refractivity (Wildman–Crippen MR) is 56.2 cm³/mol. The number of nitrogens with zero attached hydrogens (tertiary/aromatic N) is 1. The zero-order valence-corrected chi connectivity index (χ0v) is 9.25. The third kappa shape index (κ3) is 3.48. The van der Waals surface area contributed by atoms with Crippen LogP contribution in [0.25, 0.3) is 0 Å². The van der Waals surface area contributed by atoms with E-state index in [1.165, 1.54) is 7.05 Å². The molecule has 1 aromatic heterocycles. The number of pyridine rings is 1. The molecule has 0 spiro atoms. The maximum atomic E-state index is 12.5. The van der Waals surface area contributed by atoms with Gasteiger partial charge in [-0.25, -0.2) is 0 Å². The van der Waals surface area contributed by atoms with E-state index in [0.29, 0.717) is 0 Å². The van der Waals surface area contributed by atoms with Crippen LogP contribution in [0.3, 0.4) is 0 Å². The summed E-state index contributed by atoms with van der Waals surface area (Å²) in [6.45, 7) is 1.78. The summed E-state index contributed by atoms with van der Waals surface area (Å²) >= 11 is 0. The molecule has 5 heteroatoms. The van der Waals surface area contributed by atoms with Crippen LogP contribution in [0.4, 0.5) is 13.2 Å². The SMILES string of the molecule is CNC(CC(C)c1ccncc1)C(F)(F)F. The van der Waals surface area contributed by atoms with E-state index in [0.717, 1.165) is 5.56 Å². The Morgan fingerprint density at radius 1 is 1.31 bits per heavy atom. The fraction of sp³-hybridized carbons (Fsp3) is 0.545. The first-order valence-corrected chi connectivity index (χ1v) is 5.09. The Hall–Kier alpha value is -1.10. The van der Waals surface area contributed by atoms with E-state index in [-0.39, 0.29) is 12.3 Å². The molecule has 2 nitrogen and oxygen atoms in total. The van der Waals surface area contributed by atoms with Gasteiger partial charge in [-0.2, -0.15) is 13.2 Å². The van der Waals surface area contributed by atoms with E-state index < -0.39 is 12.2 Å². The highest BCUT2D eigenvalue weighted by Gasteiger charge is 2.39. The molecular weight excluding hydrogens is 217 g/mol. The summed E-state index contributed by atoms with van der Waals surface area (Å²) in [5, 5.41) is 2.30. The minimum absolute atomic E-state index is 0.0318. The molecule has 1 N–H and O–H groups in total. The molecule has 90 valence electrons. The van der Waals surface area contributed by atoms with Crippen LogP contribution in [-0.4, -0.2) is 24.2 Å². The van der Waals surface area contributed by atoms with Crippen LogP contribution in [0.1, 0.15) is 24.8 Å². The van der Waals surface area contributed by atoms with Crippen molar-refractivity contribution < 1.29 is 13.2 Å². The lowest BCUT2D eigenvalue weighted by Gasteiger charge is -2.23. The second-order valence-corrected chi connectivity index (χ2v) is 3.80. The van der Waals surface area contributed by atoms with Gasteiger partial charge in [0.15, 0.2) is 0 Å². The molecular formula is C11H15F3N2. The van der Waals surface area contributed by atoms with Gasteiger partial charge in [-0.05, 0) is 37.1 Å². The summed E-state index contributed by atoms with van der Waals surface area (Å²) in [6, 6.07) is 2.03. The smallest absolute Gasteiger partial charge is 0.309 e. The van der Waals surface area contributed by atoms with Crippen LogP contribution in [-0.2, 0) is 0 Å². The Balaban J connectivity index is 2.67. The second-order valence-electron chi connectivity index (χ2n) is 3.80. The van der Waals surface area contributed by atoms with Gasteiger partial charge in [0.05, 0.1) is 0 Å². The Bertz CT molecular complexity index is 311. The quantitative estimate of drug-likeness (QED) is 0.863. The summed E-state index contributed by atoms with van der Waals surface area (Å²) in [5.74, 6) is -0.151. The average Bonchev–Trinajstić information content (AvgIpc) is 2.25. The van der Waals surface area contributed by atoms with Crippen molar-refractivity contribution in [3.05, 3.63) is 30.1 Å². The maximum absolute atomic E-state index is 12.5. The zero-order chi connectivity index (χ0) is 12.2. The van der Waals surface area contributed by atoms with Gasteiger partial charge in [0.2, 0.25) is 0 Å². The van der Waals surface area contributed by atoms with Crippen LogP contribution in [0.15, 0.2) is 24.5 Å². The minimum atomic E-state index is -4.20. The van der Waals surface area contributed by atoms with Crippen LogP contribution >= 0.6 is 0 Å². The van der Waals surface area contributed by atoms with Gasteiger partial charge in [-0.1, -0.05) is 6.92 Å². The Morgan fingerprint density at radius 3 is 2.31 bits per heavy atom. The number of hydrogen-bond donors (Lipinski definition) is 1. The summed E-state index contributed by atoms with van der Waals surface area (Å²) in [7, 11) is 1.33. The largest absolute Gasteiger partial charge is 0.403 e. The summed E-state index contributed by atoms with van der Waals surface area (Å²) in [5.41, 5.74) is 0.875. The normalized spacial score (nSPS) is 15.8. The first kappa shape index (κ1) is 13.0. The minimum Gasteiger partial charge on any atom is -0.309 e. The third-order valence-corrected chi connectivity index (χ3v) is 2.61. The van der Waals surface area contributed by atoms with Crippen LogP contribution < -0.4 is 5.32 Å². The average molecular weight is 232 g/mol. The Kier molecular flexibility index (Phi) is 4.29. The van der Waals surface area contributed by atoms with Gasteiger partial charge < -0.3 is 5.32 Å². The summed E-state index contributed by atoms with van der Waals surface area (Å²) in [6.07, 6.45) is -0.984. The number of aromatic nitrogens is 1. The molecule has 0 radical (unpaired) electrons. The van der Waals surface area contributed by atoms with Crippen molar-refractivity contribution in [2.24, 2.45) is 0 Å². The van der Waals surface area contributed by atoms with Gasteiger partial charge >= 0.3 is 6.18 Å². The lowest BCUT2D eigenvalue weighted by atomic mass is 9.94. The molecule has 2 atom stereocenters. The first-order valence-electron chi connectivity index (χ1n) is 5.09. The highest BCUT2D eigenvalue weighted by atomic mass is 19.4. The van der Waals surface area contributed by atoms with E-state index in [2.05, 4.69) is 10.3 Å². The van der Waals surface area contributed by atoms with Crippen molar-refractivity contribution in [1.82, 2.24) is 10.3 Å². The molecule has 0 fully saturated rings. The topological polar surface area (TPSA) is 24.9 Å². The van der Waals surface area contributed by atoms with Crippen molar-refractivity contribution in [3.8, 4) is 0 Å². The number of hydrogen-bond acceptors (Lipinski definition) is 2. The highest BCUT2D eigenvalue weighted by Crippen LogP contribution is 2.28. The van der Waals surface area contributed by atoms with Gasteiger partial charge in [0, 0.05) is 12.4 Å². The van der Waals surface area contributed by atoms with Gasteiger partial charge in [0.25, 0.3) is 0 Å². The number of halogens is 3. The maximum Gasteiger partial charge on any atom is 0.403 e. The molecule has 1 heterocycles. The monoisotopic (exact) mass is 232 g/mol. The van der Waals surface area contributed by atoms with E-state index in [1.807, 2.05) is 0 Å². The number of alkyl halides is 3. The van der Waals surface area contributed by atoms with Crippen molar-refractivity contribution in [2.75, 3.05) is 7.05 Å². The standard InChI is InChI=1S/C11H15F3N2/c1-8(9-3-5-16-6-4-9)7-10(15-2)11(12,13)14/h3-6,8,10,15H,7H2,1-2H3. The number of nitrogens with one attached hydrogen (secondary N) is 1. The van der Waals surface area contributed by atoms with E-state index in [9.17, 15) is 13.2 Å². The van der Waals surface area contributed by atoms with Crippen LogP contribution in [0, 0.1) is 0 Å². The Labute approximate surface area is 92.9 Å². The zero-order valence-electron chi connectivity index (χ0n) is 9.25. The van der Waals surface area contributed by atoms with E-state index in [1.54, 1.807) is 31.5 Å². The van der Waals surface area contributed by atoms with Crippen molar-refractivity contribution >= 4 is 0 Å². The molecule has 0 aliphatic rings. The molecule has 0 bridgehead atoms. The predicted octanol–water partition coefficient (Wildman–Crippen LogP) is 2.73. The van der Waals surface area contributed by atoms with Gasteiger partial charge in [0.1, 0.15) is 6.04 Å². The van der Waals surface area contributed by atoms with Gasteiger partial charge in [-0.15, -0.1) is 0 Å². The fourth-order valence-electron chi connectivity index (χ4n) is 1.60. The van der Waals surface area contributed by atoms with Crippen molar-refractivity contribution in [2.45, 2.75) is 31.5 Å². The molecule has 0 saturated heterocycles. The Morgan fingerprint density at radius 2 is 1.88 bits per heavy atom. The molecule has 0 aliphatic carbocycles. The highest BCUT2D eigenvalue weighted by molar-refractivity contribution is 5.15. The molecule has 16 heavy (non-hydrogen) atoms. The molecule has 2 unspecified atom stereocenters. The van der Waals surface area contributed by atoms with Gasteiger partial charge in [-0.3, -0.25) is 4.98 Å². The molecule has 0 aromatic carbocycles. The second kappa shape index (κ2) is 5.30. The summed E-state index contributed by atoms with van der Waals surface area (Å²) in [4.78, 5) is 3.84. The fourth-order valence-corrected chi connectivity index (χ4v) is 1.60. The van der Waals surface area contributed by atoms with Crippen molar-refractivity contribution in [3.63, 3.8) is 0 Å². The van der Waals surface area contributed by atoms with Crippen LogP contribution in [0.5, 0.6) is 0 Å². The molecule has 1 rings (SSSR count). The first-order chi connectivity index (χ1) is 7.45. The van der Waals surface area contributed by atoms with Crippen molar-refractivity contribution in [1.29, 1.82) is 0 Å². The number of rotatable bonds is 4. The molecule has 0 saturated carbocycles. The molecule has 0 amide bonds. The molecule has 1 aromatic rings. The summed E-state index contributed by atoms with van der Waals surface area (Å²) < 4.78 is 37.6. The lowest BCUT2D eigenvalue weighted by molar-refractivity contribution is -0.156.